The fraction of sp³-hybridized carbons (Fsp3) is 0.417. The van der Waals surface area contributed by atoms with Crippen molar-refractivity contribution in [2.75, 3.05) is 11.5 Å². The molecule has 0 bridgehead atoms. The van der Waals surface area contributed by atoms with E-state index >= 15 is 0 Å². The van der Waals surface area contributed by atoms with Gasteiger partial charge >= 0.3 is 0 Å². The normalized spacial score (nSPS) is 27.6. The first kappa shape index (κ1) is 12.3. The summed E-state index contributed by atoms with van der Waals surface area (Å²) in [5.41, 5.74) is -0.653. The van der Waals surface area contributed by atoms with Gasteiger partial charge in [-0.25, -0.2) is 8.42 Å². The molecule has 0 radical (unpaired) electrons. The van der Waals surface area contributed by atoms with E-state index in [9.17, 15) is 18.3 Å². The second-order valence-electron chi connectivity index (χ2n) is 4.43. The first-order chi connectivity index (χ1) is 7.97. The van der Waals surface area contributed by atoms with Gasteiger partial charge in [-0.05, 0) is 18.4 Å². The van der Waals surface area contributed by atoms with Gasteiger partial charge in [-0.1, -0.05) is 24.3 Å². The van der Waals surface area contributed by atoms with Gasteiger partial charge in [-0.15, -0.1) is 0 Å². The van der Waals surface area contributed by atoms with Gasteiger partial charge in [-0.3, -0.25) is 4.79 Å². The van der Waals surface area contributed by atoms with Crippen molar-refractivity contribution in [1.82, 2.24) is 0 Å². The molecule has 5 heteroatoms. The number of benzene rings is 1. The molecule has 0 aromatic heterocycles. The van der Waals surface area contributed by atoms with Gasteiger partial charge in [-0.2, -0.15) is 0 Å². The fourth-order valence-electron chi connectivity index (χ4n) is 2.33. The monoisotopic (exact) mass is 254 g/mol. The molecular formula is C12H14O4S. The van der Waals surface area contributed by atoms with Gasteiger partial charge in [0.2, 0.25) is 0 Å². The molecule has 1 aliphatic rings. The lowest BCUT2D eigenvalue weighted by molar-refractivity contribution is 0.0458. The van der Waals surface area contributed by atoms with Crippen molar-refractivity contribution in [3.63, 3.8) is 0 Å². The zero-order valence-electron chi connectivity index (χ0n) is 9.30. The summed E-state index contributed by atoms with van der Waals surface area (Å²) in [6.07, 6.45) is 1.44. The van der Waals surface area contributed by atoms with E-state index in [-0.39, 0.29) is 11.5 Å². The Bertz CT molecular complexity index is 535. The number of sulfone groups is 1. The molecule has 1 atom stereocenters. The Hall–Kier alpha value is -1.20. The lowest BCUT2D eigenvalue weighted by Crippen LogP contribution is -2.40. The van der Waals surface area contributed by atoms with Crippen molar-refractivity contribution < 1.29 is 18.3 Å². The van der Waals surface area contributed by atoms with Gasteiger partial charge in [0.1, 0.15) is 11.9 Å². The third-order valence-corrected chi connectivity index (χ3v) is 4.92. The predicted octanol–water partition coefficient (Wildman–Crippen LogP) is 0.895. The minimum atomic E-state index is -3.23. The number of hydrogen-bond donors (Lipinski definition) is 1. The predicted molar refractivity (Wildman–Crippen MR) is 63.6 cm³/mol. The quantitative estimate of drug-likeness (QED) is 0.796. The molecule has 0 amide bonds. The molecule has 1 unspecified atom stereocenters. The zero-order valence-corrected chi connectivity index (χ0v) is 10.1. The molecule has 1 fully saturated rings. The van der Waals surface area contributed by atoms with Crippen molar-refractivity contribution in [3.05, 3.63) is 35.4 Å². The molecule has 1 N–H and O–H groups in total. The van der Waals surface area contributed by atoms with E-state index in [4.69, 9.17) is 0 Å². The van der Waals surface area contributed by atoms with Crippen LogP contribution in [-0.4, -0.2) is 31.3 Å². The van der Waals surface area contributed by atoms with E-state index < -0.39 is 15.4 Å². The van der Waals surface area contributed by atoms with E-state index in [2.05, 4.69) is 0 Å². The third kappa shape index (κ3) is 2.40. The summed E-state index contributed by atoms with van der Waals surface area (Å²) in [5.74, 6) is -0.191. The van der Waals surface area contributed by atoms with E-state index in [1.54, 1.807) is 24.3 Å². The molecule has 17 heavy (non-hydrogen) atoms. The Labute approximate surface area is 100 Å². The topological polar surface area (TPSA) is 71.4 Å². The Morgan fingerprint density at radius 2 is 2.00 bits per heavy atom. The molecule has 1 aromatic carbocycles. The maximum atomic E-state index is 11.6. The lowest BCUT2D eigenvalue weighted by atomic mass is 9.87. The number of carbonyl (C=O) groups is 1. The molecule has 1 saturated heterocycles. The highest BCUT2D eigenvalue weighted by atomic mass is 32.2. The maximum Gasteiger partial charge on any atom is 0.153 e. The summed E-state index contributed by atoms with van der Waals surface area (Å²) in [5, 5.41) is 10.5. The number of hydrogen-bond acceptors (Lipinski definition) is 4. The number of rotatable bonds is 2. The van der Waals surface area contributed by atoms with Crippen LogP contribution >= 0.6 is 0 Å². The second kappa shape index (κ2) is 4.23. The minimum Gasteiger partial charge on any atom is -0.384 e. The first-order valence-electron chi connectivity index (χ1n) is 5.44. The highest BCUT2D eigenvalue weighted by Crippen LogP contribution is 2.34. The van der Waals surface area contributed by atoms with Crippen molar-refractivity contribution >= 4 is 16.1 Å². The SMILES string of the molecule is O=Cc1ccccc1C1(O)CCCS(=O)(=O)C1. The van der Waals surface area contributed by atoms with E-state index in [0.717, 1.165) is 0 Å². The van der Waals surface area contributed by atoms with Crippen LogP contribution in [0.15, 0.2) is 24.3 Å². The summed E-state index contributed by atoms with van der Waals surface area (Å²) in [4.78, 5) is 10.9. The Morgan fingerprint density at radius 3 is 2.65 bits per heavy atom. The van der Waals surface area contributed by atoms with Gasteiger partial charge in [0, 0.05) is 5.56 Å². The molecule has 0 saturated carbocycles. The van der Waals surface area contributed by atoms with Crippen LogP contribution in [0.25, 0.3) is 0 Å². The van der Waals surface area contributed by atoms with Crippen molar-refractivity contribution in [3.8, 4) is 0 Å². The second-order valence-corrected chi connectivity index (χ2v) is 6.62. The average molecular weight is 254 g/mol. The molecule has 1 aromatic rings. The molecule has 1 heterocycles. The maximum absolute atomic E-state index is 11.6. The summed E-state index contributed by atoms with van der Waals surface area (Å²) >= 11 is 0. The zero-order chi connectivity index (χ0) is 12.5. The summed E-state index contributed by atoms with van der Waals surface area (Å²) in [7, 11) is -3.23. The Kier molecular flexibility index (Phi) is 3.05. The molecule has 0 aliphatic carbocycles. The standard InChI is InChI=1S/C12H14O4S/c13-8-10-4-1-2-5-11(10)12(14)6-3-7-17(15,16)9-12/h1-2,4-5,8,14H,3,6-7,9H2. The van der Waals surface area contributed by atoms with E-state index in [1.165, 1.54) is 0 Å². The summed E-state index contributed by atoms with van der Waals surface area (Å²) < 4.78 is 23.2. The lowest BCUT2D eigenvalue weighted by Gasteiger charge is -2.33. The van der Waals surface area contributed by atoms with Gasteiger partial charge in [0.15, 0.2) is 9.84 Å². The molecular weight excluding hydrogens is 240 g/mol. The highest BCUT2D eigenvalue weighted by Gasteiger charge is 2.39. The number of aliphatic hydroxyl groups is 1. The third-order valence-electron chi connectivity index (χ3n) is 3.09. The molecule has 4 nitrogen and oxygen atoms in total. The molecule has 1 aliphatic heterocycles. The van der Waals surface area contributed by atoms with Crippen LogP contribution in [0.3, 0.4) is 0 Å². The van der Waals surface area contributed by atoms with Crippen LogP contribution in [0.2, 0.25) is 0 Å². The molecule has 2 rings (SSSR count). The highest BCUT2D eigenvalue weighted by molar-refractivity contribution is 7.91. The smallest absolute Gasteiger partial charge is 0.153 e. The van der Waals surface area contributed by atoms with E-state index in [0.29, 0.717) is 30.3 Å². The van der Waals surface area contributed by atoms with Crippen molar-refractivity contribution in [1.29, 1.82) is 0 Å². The molecule has 0 spiro atoms. The molecule has 92 valence electrons. The Balaban J connectivity index is 2.47. The first-order valence-corrected chi connectivity index (χ1v) is 7.26. The van der Waals surface area contributed by atoms with E-state index in [1.807, 2.05) is 0 Å². The number of aldehydes is 1. The summed E-state index contributed by atoms with van der Waals surface area (Å²) in [6, 6.07) is 6.58. The summed E-state index contributed by atoms with van der Waals surface area (Å²) in [6.45, 7) is 0. The largest absolute Gasteiger partial charge is 0.384 e. The average Bonchev–Trinajstić information content (AvgIpc) is 2.27. The van der Waals surface area contributed by atoms with Gasteiger partial charge in [0.05, 0.1) is 11.5 Å². The van der Waals surface area contributed by atoms with Gasteiger partial charge in [0.25, 0.3) is 0 Å². The van der Waals surface area contributed by atoms with Crippen LogP contribution in [0.1, 0.15) is 28.8 Å². The minimum absolute atomic E-state index is 0.110. The number of carbonyl (C=O) groups excluding carboxylic acids is 1. The van der Waals surface area contributed by atoms with Crippen LogP contribution in [0.5, 0.6) is 0 Å². The fourth-order valence-corrected chi connectivity index (χ4v) is 4.08. The van der Waals surface area contributed by atoms with Crippen LogP contribution in [0, 0.1) is 0 Å². The Morgan fingerprint density at radius 1 is 1.29 bits per heavy atom. The van der Waals surface area contributed by atoms with Gasteiger partial charge < -0.3 is 5.11 Å². The van der Waals surface area contributed by atoms with Crippen molar-refractivity contribution in [2.45, 2.75) is 18.4 Å². The van der Waals surface area contributed by atoms with Crippen LogP contribution in [0.4, 0.5) is 0 Å². The van der Waals surface area contributed by atoms with Crippen molar-refractivity contribution in [2.24, 2.45) is 0 Å². The van der Waals surface area contributed by atoms with Crippen LogP contribution in [-0.2, 0) is 15.4 Å². The van der Waals surface area contributed by atoms with Crippen LogP contribution < -0.4 is 0 Å².